The third kappa shape index (κ3) is 3.91. The second-order valence-electron chi connectivity index (χ2n) is 2.64. The molecule has 1 N–H and O–H groups in total. The summed E-state index contributed by atoms with van der Waals surface area (Å²) in [7, 11) is 0. The van der Waals surface area contributed by atoms with Crippen molar-refractivity contribution in [2.75, 3.05) is 6.61 Å². The van der Waals surface area contributed by atoms with E-state index in [1.807, 2.05) is 6.07 Å². The Kier molecular flexibility index (Phi) is 3.86. The highest BCUT2D eigenvalue weighted by Gasteiger charge is 1.94. The molecule has 0 aromatic heterocycles. The van der Waals surface area contributed by atoms with Crippen LogP contribution in [0.2, 0.25) is 0 Å². The summed E-state index contributed by atoms with van der Waals surface area (Å²) in [6.45, 7) is -0.465. The van der Waals surface area contributed by atoms with Gasteiger partial charge in [-0.25, -0.2) is 4.79 Å². The number of benzene rings is 1. The lowest BCUT2D eigenvalue weighted by Gasteiger charge is -1.94. The highest BCUT2D eigenvalue weighted by molar-refractivity contribution is 5.79. The number of nitriles is 1. The topological polar surface area (TPSA) is 82.7 Å². The number of carboxylic acid groups (broad SMARTS) is 1. The summed E-state index contributed by atoms with van der Waals surface area (Å²) < 4.78 is 0. The third-order valence-electron chi connectivity index (χ3n) is 1.50. The predicted octanol–water partition coefficient (Wildman–Crippen LogP) is 0.993. The Hall–Kier alpha value is -2.35. The van der Waals surface area contributed by atoms with Crippen molar-refractivity contribution in [1.29, 1.82) is 5.26 Å². The standard InChI is InChI=1S/C10H8N2O3/c11-5-8-1-3-9(4-2-8)6-12-15-7-10(13)14/h1-4,6H,7H2,(H,13,14). The zero-order valence-electron chi connectivity index (χ0n) is 7.75. The van der Waals surface area contributed by atoms with Gasteiger partial charge < -0.3 is 9.94 Å². The van der Waals surface area contributed by atoms with Crippen LogP contribution >= 0.6 is 0 Å². The summed E-state index contributed by atoms with van der Waals surface area (Å²) in [5.41, 5.74) is 1.29. The zero-order valence-corrected chi connectivity index (χ0v) is 7.75. The fourth-order valence-corrected chi connectivity index (χ4v) is 0.834. The lowest BCUT2D eigenvalue weighted by atomic mass is 10.2. The Morgan fingerprint density at radius 2 is 2.20 bits per heavy atom. The predicted molar refractivity (Wildman–Crippen MR) is 52.3 cm³/mol. The van der Waals surface area contributed by atoms with Crippen LogP contribution in [0, 0.1) is 11.3 Å². The third-order valence-corrected chi connectivity index (χ3v) is 1.50. The number of hydrogen-bond acceptors (Lipinski definition) is 4. The van der Waals surface area contributed by atoms with Gasteiger partial charge in [0.15, 0.2) is 0 Å². The van der Waals surface area contributed by atoms with E-state index in [0.717, 1.165) is 5.56 Å². The molecule has 76 valence electrons. The van der Waals surface area contributed by atoms with Gasteiger partial charge in [-0.3, -0.25) is 0 Å². The van der Waals surface area contributed by atoms with E-state index >= 15 is 0 Å². The molecule has 0 spiro atoms. The lowest BCUT2D eigenvalue weighted by Crippen LogP contribution is -2.03. The number of carbonyl (C=O) groups is 1. The normalized spacial score (nSPS) is 9.80. The Balaban J connectivity index is 2.50. The quantitative estimate of drug-likeness (QED) is 0.585. The second kappa shape index (κ2) is 5.40. The Morgan fingerprint density at radius 3 is 2.73 bits per heavy atom. The number of aliphatic carboxylic acids is 1. The Bertz CT molecular complexity index is 404. The van der Waals surface area contributed by atoms with Crippen molar-refractivity contribution in [3.63, 3.8) is 0 Å². The lowest BCUT2D eigenvalue weighted by molar-refractivity contribution is -0.142. The molecule has 0 saturated heterocycles. The number of nitrogens with zero attached hydrogens (tertiary/aromatic N) is 2. The first kappa shape index (κ1) is 10.7. The van der Waals surface area contributed by atoms with Crippen molar-refractivity contribution < 1.29 is 14.7 Å². The summed E-state index contributed by atoms with van der Waals surface area (Å²) in [4.78, 5) is 14.5. The van der Waals surface area contributed by atoms with E-state index in [9.17, 15) is 4.79 Å². The fourth-order valence-electron chi connectivity index (χ4n) is 0.834. The molecule has 0 unspecified atom stereocenters. The molecule has 0 aliphatic heterocycles. The average molecular weight is 204 g/mol. The molecular formula is C10H8N2O3. The van der Waals surface area contributed by atoms with Gasteiger partial charge in [-0.05, 0) is 17.7 Å². The van der Waals surface area contributed by atoms with Crippen LogP contribution in [0.4, 0.5) is 0 Å². The molecule has 0 fully saturated rings. The van der Waals surface area contributed by atoms with Crippen molar-refractivity contribution in [3.05, 3.63) is 35.4 Å². The van der Waals surface area contributed by atoms with Crippen LogP contribution in [-0.2, 0) is 9.63 Å². The molecule has 1 aromatic carbocycles. The number of hydrogen-bond donors (Lipinski definition) is 1. The van der Waals surface area contributed by atoms with E-state index in [1.165, 1.54) is 6.21 Å². The van der Waals surface area contributed by atoms with Gasteiger partial charge in [-0.2, -0.15) is 5.26 Å². The van der Waals surface area contributed by atoms with Crippen LogP contribution in [0.5, 0.6) is 0 Å². The largest absolute Gasteiger partial charge is 0.479 e. The van der Waals surface area contributed by atoms with Gasteiger partial charge in [-0.15, -0.1) is 0 Å². The minimum Gasteiger partial charge on any atom is -0.479 e. The molecule has 0 aliphatic rings. The first-order chi connectivity index (χ1) is 7.22. The number of rotatable bonds is 4. The summed E-state index contributed by atoms with van der Waals surface area (Å²) >= 11 is 0. The second-order valence-corrected chi connectivity index (χ2v) is 2.64. The van der Waals surface area contributed by atoms with Crippen molar-refractivity contribution in [1.82, 2.24) is 0 Å². The van der Waals surface area contributed by atoms with Gasteiger partial charge >= 0.3 is 5.97 Å². The summed E-state index contributed by atoms with van der Waals surface area (Å²) in [5.74, 6) is -1.08. The first-order valence-corrected chi connectivity index (χ1v) is 4.09. The van der Waals surface area contributed by atoms with E-state index in [0.29, 0.717) is 5.56 Å². The van der Waals surface area contributed by atoms with Crippen LogP contribution in [0.15, 0.2) is 29.4 Å². The summed E-state index contributed by atoms with van der Waals surface area (Å²) in [5, 5.41) is 20.2. The maximum atomic E-state index is 10.1. The number of carboxylic acids is 1. The van der Waals surface area contributed by atoms with Crippen LogP contribution in [0.3, 0.4) is 0 Å². The van der Waals surface area contributed by atoms with Gasteiger partial charge in [0.1, 0.15) is 0 Å². The SMILES string of the molecule is N#Cc1ccc(C=NOCC(=O)O)cc1. The minimum atomic E-state index is -1.08. The van der Waals surface area contributed by atoms with Gasteiger partial charge in [0, 0.05) is 0 Å². The maximum Gasteiger partial charge on any atom is 0.344 e. The van der Waals surface area contributed by atoms with Crippen LogP contribution < -0.4 is 0 Å². The smallest absolute Gasteiger partial charge is 0.344 e. The summed E-state index contributed by atoms with van der Waals surface area (Å²) in [6.07, 6.45) is 1.38. The van der Waals surface area contributed by atoms with Crippen molar-refractivity contribution >= 4 is 12.2 Å². The fraction of sp³-hybridized carbons (Fsp3) is 0.100. The molecule has 0 saturated carbocycles. The van der Waals surface area contributed by atoms with Crippen LogP contribution in [-0.4, -0.2) is 23.9 Å². The van der Waals surface area contributed by atoms with E-state index in [1.54, 1.807) is 24.3 Å². The molecule has 1 aromatic rings. The Morgan fingerprint density at radius 1 is 1.53 bits per heavy atom. The maximum absolute atomic E-state index is 10.1. The van der Waals surface area contributed by atoms with Crippen molar-refractivity contribution in [3.8, 4) is 6.07 Å². The summed E-state index contributed by atoms with van der Waals surface area (Å²) in [6, 6.07) is 8.63. The first-order valence-electron chi connectivity index (χ1n) is 4.09. The Labute approximate surface area is 86.2 Å². The molecule has 0 heterocycles. The van der Waals surface area contributed by atoms with Crippen LogP contribution in [0.25, 0.3) is 0 Å². The molecule has 5 heteroatoms. The highest BCUT2D eigenvalue weighted by atomic mass is 16.6. The van der Waals surface area contributed by atoms with E-state index < -0.39 is 12.6 Å². The molecular weight excluding hydrogens is 196 g/mol. The minimum absolute atomic E-state index is 0.465. The van der Waals surface area contributed by atoms with Crippen molar-refractivity contribution in [2.24, 2.45) is 5.16 Å². The average Bonchev–Trinajstić information content (AvgIpc) is 2.25. The van der Waals surface area contributed by atoms with Gasteiger partial charge in [-0.1, -0.05) is 17.3 Å². The molecule has 0 bridgehead atoms. The monoisotopic (exact) mass is 204 g/mol. The van der Waals surface area contributed by atoms with E-state index in [4.69, 9.17) is 10.4 Å². The molecule has 0 radical (unpaired) electrons. The number of oxime groups is 1. The van der Waals surface area contributed by atoms with E-state index in [-0.39, 0.29) is 0 Å². The highest BCUT2D eigenvalue weighted by Crippen LogP contribution is 2.00. The van der Waals surface area contributed by atoms with Gasteiger partial charge in [0.2, 0.25) is 6.61 Å². The van der Waals surface area contributed by atoms with Crippen molar-refractivity contribution in [2.45, 2.75) is 0 Å². The van der Waals surface area contributed by atoms with Gasteiger partial charge in [0.25, 0.3) is 0 Å². The molecule has 0 amide bonds. The van der Waals surface area contributed by atoms with Gasteiger partial charge in [0.05, 0.1) is 17.8 Å². The zero-order chi connectivity index (χ0) is 11.1. The molecule has 0 atom stereocenters. The van der Waals surface area contributed by atoms with Crippen LogP contribution in [0.1, 0.15) is 11.1 Å². The molecule has 0 aliphatic carbocycles. The molecule has 15 heavy (non-hydrogen) atoms. The van der Waals surface area contributed by atoms with E-state index in [2.05, 4.69) is 9.99 Å². The molecule has 5 nitrogen and oxygen atoms in total. The molecule has 1 rings (SSSR count).